The van der Waals surface area contributed by atoms with Gasteiger partial charge in [0.1, 0.15) is 11.6 Å². The summed E-state index contributed by atoms with van der Waals surface area (Å²) in [6, 6.07) is 24.5. The molecule has 0 unspecified atom stereocenters. The number of methoxy groups -OCH3 is 1. The molecule has 0 saturated heterocycles. The van der Waals surface area contributed by atoms with E-state index in [1.54, 1.807) is 19.2 Å². The van der Waals surface area contributed by atoms with Crippen LogP contribution in [-0.2, 0) is 11.3 Å². The fourth-order valence-corrected chi connectivity index (χ4v) is 3.79. The number of hydrogen-bond acceptors (Lipinski definition) is 3. The third kappa shape index (κ3) is 5.50. The van der Waals surface area contributed by atoms with Crippen LogP contribution in [0, 0.1) is 5.82 Å². The Labute approximate surface area is 182 Å². The van der Waals surface area contributed by atoms with Gasteiger partial charge in [0.25, 0.3) is 0 Å². The summed E-state index contributed by atoms with van der Waals surface area (Å²) in [5.41, 5.74) is 2.61. The van der Waals surface area contributed by atoms with Crippen LogP contribution in [0.5, 0.6) is 5.75 Å². The summed E-state index contributed by atoms with van der Waals surface area (Å²) in [6.45, 7) is 0.668. The highest BCUT2D eigenvalue weighted by molar-refractivity contribution is 5.79. The van der Waals surface area contributed by atoms with Gasteiger partial charge in [-0.3, -0.25) is 9.69 Å². The van der Waals surface area contributed by atoms with Crippen molar-refractivity contribution in [2.45, 2.75) is 31.5 Å². The van der Waals surface area contributed by atoms with Crippen molar-refractivity contribution in [2.75, 3.05) is 13.7 Å². The number of hydrogen-bond donors (Lipinski definition) is 1. The van der Waals surface area contributed by atoms with Crippen molar-refractivity contribution in [3.8, 4) is 5.75 Å². The molecule has 160 valence electrons. The second-order valence-electron chi connectivity index (χ2n) is 7.91. The van der Waals surface area contributed by atoms with Gasteiger partial charge in [-0.2, -0.15) is 0 Å². The van der Waals surface area contributed by atoms with E-state index in [0.29, 0.717) is 18.2 Å². The van der Waals surface area contributed by atoms with Gasteiger partial charge < -0.3 is 10.1 Å². The van der Waals surface area contributed by atoms with Gasteiger partial charge in [-0.1, -0.05) is 60.7 Å². The molecule has 1 saturated carbocycles. The van der Waals surface area contributed by atoms with Gasteiger partial charge in [-0.25, -0.2) is 4.39 Å². The van der Waals surface area contributed by atoms with Gasteiger partial charge in [0.05, 0.1) is 19.7 Å². The molecule has 4 rings (SSSR count). The number of carbonyl (C=O) groups is 1. The molecule has 1 atom stereocenters. The highest BCUT2D eigenvalue weighted by Gasteiger charge is 2.31. The lowest BCUT2D eigenvalue weighted by Crippen LogP contribution is -2.40. The first-order chi connectivity index (χ1) is 15.1. The van der Waals surface area contributed by atoms with Gasteiger partial charge in [0.15, 0.2) is 0 Å². The zero-order valence-corrected chi connectivity index (χ0v) is 17.6. The van der Waals surface area contributed by atoms with Crippen molar-refractivity contribution in [1.29, 1.82) is 0 Å². The fourth-order valence-electron chi connectivity index (χ4n) is 3.79. The standard InChI is InChI=1S/C26H27FN2O2/c1-31-23-15-11-20(12-16-23)26(19-7-3-2-4-8-19)28-25(30)18-29(22-13-14-22)17-21-9-5-6-10-24(21)27/h2-12,15-16,22,26H,13-14,17-18H2,1H3,(H,28,30)/t26-/m1/s1. The maximum atomic E-state index is 14.1. The minimum Gasteiger partial charge on any atom is -0.497 e. The van der Waals surface area contributed by atoms with Gasteiger partial charge in [-0.15, -0.1) is 0 Å². The number of rotatable bonds is 9. The predicted molar refractivity (Wildman–Crippen MR) is 119 cm³/mol. The van der Waals surface area contributed by atoms with Crippen LogP contribution >= 0.6 is 0 Å². The van der Waals surface area contributed by atoms with E-state index < -0.39 is 0 Å². The van der Waals surface area contributed by atoms with Gasteiger partial charge in [-0.05, 0) is 42.2 Å². The van der Waals surface area contributed by atoms with Crippen molar-refractivity contribution < 1.29 is 13.9 Å². The monoisotopic (exact) mass is 418 g/mol. The number of carbonyl (C=O) groups excluding carboxylic acids is 1. The molecule has 0 aliphatic heterocycles. The van der Waals surface area contributed by atoms with Crippen LogP contribution < -0.4 is 10.1 Å². The van der Waals surface area contributed by atoms with E-state index in [0.717, 1.165) is 29.7 Å². The molecule has 3 aromatic rings. The first-order valence-corrected chi connectivity index (χ1v) is 10.6. The Morgan fingerprint density at radius 1 is 1.00 bits per heavy atom. The highest BCUT2D eigenvalue weighted by Crippen LogP contribution is 2.29. The van der Waals surface area contributed by atoms with E-state index in [9.17, 15) is 9.18 Å². The van der Waals surface area contributed by atoms with Crippen molar-refractivity contribution >= 4 is 5.91 Å². The molecule has 0 spiro atoms. The number of halogens is 1. The zero-order chi connectivity index (χ0) is 21.6. The lowest BCUT2D eigenvalue weighted by atomic mass is 9.98. The molecule has 1 aliphatic carbocycles. The molecular formula is C26H27FN2O2. The molecule has 0 heterocycles. The summed E-state index contributed by atoms with van der Waals surface area (Å²) in [5, 5.41) is 3.19. The summed E-state index contributed by atoms with van der Waals surface area (Å²) in [7, 11) is 1.63. The lowest BCUT2D eigenvalue weighted by molar-refractivity contribution is -0.123. The number of nitrogens with one attached hydrogen (secondary N) is 1. The van der Waals surface area contributed by atoms with E-state index in [1.807, 2.05) is 60.7 Å². The fraction of sp³-hybridized carbons (Fsp3) is 0.269. The van der Waals surface area contributed by atoms with Crippen molar-refractivity contribution in [3.63, 3.8) is 0 Å². The van der Waals surface area contributed by atoms with Crippen molar-refractivity contribution in [1.82, 2.24) is 10.2 Å². The average Bonchev–Trinajstić information content (AvgIpc) is 3.65. The first-order valence-electron chi connectivity index (χ1n) is 10.6. The second kappa shape index (κ2) is 9.75. The summed E-state index contributed by atoms with van der Waals surface area (Å²) >= 11 is 0. The quantitative estimate of drug-likeness (QED) is 0.547. The molecule has 4 nitrogen and oxygen atoms in total. The molecule has 1 aliphatic rings. The molecule has 5 heteroatoms. The molecule has 0 radical (unpaired) electrons. The van der Waals surface area contributed by atoms with Crippen LogP contribution in [0.3, 0.4) is 0 Å². The molecular weight excluding hydrogens is 391 g/mol. The Morgan fingerprint density at radius 3 is 2.29 bits per heavy atom. The SMILES string of the molecule is COc1ccc([C@H](NC(=O)CN(Cc2ccccc2F)C2CC2)c2ccccc2)cc1. The zero-order valence-electron chi connectivity index (χ0n) is 17.6. The third-order valence-electron chi connectivity index (χ3n) is 5.63. The second-order valence-corrected chi connectivity index (χ2v) is 7.91. The molecule has 1 fully saturated rings. The Hall–Kier alpha value is -3.18. The maximum absolute atomic E-state index is 14.1. The van der Waals surface area contributed by atoms with E-state index in [4.69, 9.17) is 4.74 Å². The van der Waals surface area contributed by atoms with E-state index in [2.05, 4.69) is 10.2 Å². The third-order valence-corrected chi connectivity index (χ3v) is 5.63. The van der Waals surface area contributed by atoms with Crippen molar-refractivity contribution in [3.05, 3.63) is 101 Å². The van der Waals surface area contributed by atoms with Crippen LogP contribution in [-0.4, -0.2) is 30.5 Å². The molecule has 31 heavy (non-hydrogen) atoms. The van der Waals surface area contributed by atoms with Gasteiger partial charge in [0.2, 0.25) is 5.91 Å². The summed E-state index contributed by atoms with van der Waals surface area (Å²) in [5.74, 6) is 0.466. The maximum Gasteiger partial charge on any atom is 0.234 e. The van der Waals surface area contributed by atoms with E-state index in [-0.39, 0.29) is 24.3 Å². The molecule has 1 N–H and O–H groups in total. The Bertz CT molecular complexity index is 1000. The number of ether oxygens (including phenoxy) is 1. The van der Waals surface area contributed by atoms with E-state index >= 15 is 0 Å². The number of benzene rings is 3. The topological polar surface area (TPSA) is 41.6 Å². The summed E-state index contributed by atoms with van der Waals surface area (Å²) in [6.07, 6.45) is 2.09. The predicted octanol–water partition coefficient (Wildman–Crippen LogP) is 4.70. The van der Waals surface area contributed by atoms with Crippen LogP contribution in [0.25, 0.3) is 0 Å². The van der Waals surface area contributed by atoms with Gasteiger partial charge in [0, 0.05) is 18.2 Å². The van der Waals surface area contributed by atoms with Crippen molar-refractivity contribution in [2.24, 2.45) is 0 Å². The smallest absolute Gasteiger partial charge is 0.234 e. The Kier molecular flexibility index (Phi) is 6.63. The largest absolute Gasteiger partial charge is 0.497 e. The molecule has 0 bridgehead atoms. The average molecular weight is 419 g/mol. The van der Waals surface area contributed by atoms with Crippen LogP contribution in [0.4, 0.5) is 4.39 Å². The first kappa shape index (κ1) is 21.1. The van der Waals surface area contributed by atoms with Crippen LogP contribution in [0.2, 0.25) is 0 Å². The summed E-state index contributed by atoms with van der Waals surface area (Å²) < 4.78 is 19.4. The van der Waals surface area contributed by atoms with Gasteiger partial charge >= 0.3 is 0 Å². The molecule has 1 amide bonds. The number of amides is 1. The Balaban J connectivity index is 1.50. The van der Waals surface area contributed by atoms with Crippen LogP contribution in [0.1, 0.15) is 35.6 Å². The molecule has 3 aromatic carbocycles. The summed E-state index contributed by atoms with van der Waals surface area (Å²) in [4.78, 5) is 15.1. The minimum atomic E-state index is -0.269. The number of nitrogens with zero attached hydrogens (tertiary/aromatic N) is 1. The lowest BCUT2D eigenvalue weighted by Gasteiger charge is -2.25. The highest BCUT2D eigenvalue weighted by atomic mass is 19.1. The van der Waals surface area contributed by atoms with E-state index in [1.165, 1.54) is 6.07 Å². The Morgan fingerprint density at radius 2 is 1.65 bits per heavy atom. The minimum absolute atomic E-state index is 0.0760. The molecule has 0 aromatic heterocycles. The normalized spacial score (nSPS) is 14.3. The van der Waals surface area contributed by atoms with Crippen LogP contribution in [0.15, 0.2) is 78.9 Å².